The Labute approximate surface area is 173 Å². The van der Waals surface area contributed by atoms with Crippen molar-refractivity contribution in [3.05, 3.63) is 89.2 Å². The number of carbonyl (C=O) groups excluding carboxylic acids is 2. The first-order valence-electron chi connectivity index (χ1n) is 9.16. The molecule has 150 valence electrons. The van der Waals surface area contributed by atoms with E-state index in [1.807, 2.05) is 6.07 Å². The van der Waals surface area contributed by atoms with Gasteiger partial charge in [-0.2, -0.15) is 0 Å². The summed E-state index contributed by atoms with van der Waals surface area (Å²) in [5.41, 5.74) is 1.57. The highest BCUT2D eigenvalue weighted by atomic mass is 16.6. The molecule has 0 saturated carbocycles. The van der Waals surface area contributed by atoms with Crippen molar-refractivity contribution in [2.45, 2.75) is 0 Å². The average Bonchev–Trinajstić information content (AvgIpc) is 3.09. The zero-order valence-electron chi connectivity index (χ0n) is 16.4. The van der Waals surface area contributed by atoms with Crippen molar-refractivity contribution < 1.29 is 28.5 Å². The summed E-state index contributed by atoms with van der Waals surface area (Å²) in [6.07, 6.45) is 1.61. The maximum Gasteiger partial charge on any atom is 0.343 e. The van der Waals surface area contributed by atoms with Gasteiger partial charge in [0, 0.05) is 6.07 Å². The van der Waals surface area contributed by atoms with E-state index < -0.39 is 5.97 Å². The highest BCUT2D eigenvalue weighted by Gasteiger charge is 2.27. The second-order valence-electron chi connectivity index (χ2n) is 6.47. The topological polar surface area (TPSA) is 71.1 Å². The molecule has 0 amide bonds. The van der Waals surface area contributed by atoms with E-state index >= 15 is 0 Å². The largest absolute Gasteiger partial charge is 0.497 e. The fourth-order valence-electron chi connectivity index (χ4n) is 3.04. The molecule has 1 heterocycles. The standard InChI is InChI=1S/C24H18O6/c1-27-17-9-10-18-20(14-17)29-22(23(18)25)13-15-8-11-19(21(12-15)28-2)30-24(26)16-6-4-3-5-7-16/h3-14H,1-2H3/b22-13-. The number of hydrogen-bond donors (Lipinski definition) is 0. The molecule has 0 fully saturated rings. The Bertz CT molecular complexity index is 1150. The predicted octanol–water partition coefficient (Wildman–Crippen LogP) is 4.54. The summed E-state index contributed by atoms with van der Waals surface area (Å²) < 4.78 is 21.7. The number of allylic oxidation sites excluding steroid dienone is 1. The number of hydrogen-bond acceptors (Lipinski definition) is 6. The highest BCUT2D eigenvalue weighted by Crippen LogP contribution is 2.36. The molecule has 3 aromatic rings. The van der Waals surface area contributed by atoms with E-state index in [0.717, 1.165) is 0 Å². The van der Waals surface area contributed by atoms with E-state index in [-0.39, 0.29) is 17.3 Å². The number of ether oxygens (including phenoxy) is 4. The predicted molar refractivity (Wildman–Crippen MR) is 110 cm³/mol. The van der Waals surface area contributed by atoms with Crippen LogP contribution in [-0.4, -0.2) is 26.0 Å². The summed E-state index contributed by atoms with van der Waals surface area (Å²) in [4.78, 5) is 24.9. The Kier molecular flexibility index (Phi) is 5.22. The Balaban J connectivity index is 1.57. The van der Waals surface area contributed by atoms with Gasteiger partial charge in [0.05, 0.1) is 25.3 Å². The molecule has 1 aliphatic rings. The van der Waals surface area contributed by atoms with E-state index in [1.54, 1.807) is 73.8 Å². The lowest BCUT2D eigenvalue weighted by molar-refractivity contribution is 0.0729. The third-order valence-corrected chi connectivity index (χ3v) is 4.57. The van der Waals surface area contributed by atoms with Crippen molar-refractivity contribution >= 4 is 17.8 Å². The molecule has 6 nitrogen and oxygen atoms in total. The second kappa shape index (κ2) is 8.13. The maximum absolute atomic E-state index is 12.6. The van der Waals surface area contributed by atoms with Crippen LogP contribution in [0.5, 0.6) is 23.0 Å². The van der Waals surface area contributed by atoms with Crippen LogP contribution < -0.4 is 18.9 Å². The van der Waals surface area contributed by atoms with Crippen LogP contribution in [0.15, 0.2) is 72.5 Å². The Morgan fingerprint density at radius 2 is 1.70 bits per heavy atom. The van der Waals surface area contributed by atoms with Crippen LogP contribution in [0.25, 0.3) is 6.08 Å². The molecule has 0 atom stereocenters. The number of esters is 1. The number of ketones is 1. The maximum atomic E-state index is 12.6. The average molecular weight is 402 g/mol. The van der Waals surface area contributed by atoms with Gasteiger partial charge in [-0.1, -0.05) is 24.3 Å². The summed E-state index contributed by atoms with van der Waals surface area (Å²) in [7, 11) is 3.03. The van der Waals surface area contributed by atoms with Gasteiger partial charge >= 0.3 is 5.97 Å². The van der Waals surface area contributed by atoms with Gasteiger partial charge in [0.1, 0.15) is 11.5 Å². The van der Waals surface area contributed by atoms with Crippen molar-refractivity contribution in [2.24, 2.45) is 0 Å². The van der Waals surface area contributed by atoms with Crippen LogP contribution in [0.4, 0.5) is 0 Å². The summed E-state index contributed by atoms with van der Waals surface area (Å²) in [5, 5.41) is 0. The minimum atomic E-state index is -0.487. The van der Waals surface area contributed by atoms with Gasteiger partial charge in [0.25, 0.3) is 0 Å². The molecule has 3 aromatic carbocycles. The first-order chi connectivity index (χ1) is 14.6. The van der Waals surface area contributed by atoms with Crippen LogP contribution in [0, 0.1) is 0 Å². The van der Waals surface area contributed by atoms with E-state index in [0.29, 0.717) is 33.9 Å². The summed E-state index contributed by atoms with van der Waals surface area (Å²) in [5.74, 6) is 1.18. The highest BCUT2D eigenvalue weighted by molar-refractivity contribution is 6.14. The molecule has 0 aliphatic carbocycles. The molecular weight excluding hydrogens is 384 g/mol. The first kappa shape index (κ1) is 19.3. The zero-order chi connectivity index (χ0) is 21.1. The quantitative estimate of drug-likeness (QED) is 0.355. The lowest BCUT2D eigenvalue weighted by atomic mass is 10.1. The van der Waals surface area contributed by atoms with Crippen molar-refractivity contribution in [1.29, 1.82) is 0 Å². The Morgan fingerprint density at radius 3 is 2.43 bits per heavy atom. The Morgan fingerprint density at radius 1 is 0.900 bits per heavy atom. The molecule has 6 heteroatoms. The van der Waals surface area contributed by atoms with Crippen LogP contribution in [0.3, 0.4) is 0 Å². The molecule has 1 aliphatic heterocycles. The van der Waals surface area contributed by atoms with Crippen molar-refractivity contribution in [3.63, 3.8) is 0 Å². The zero-order valence-corrected chi connectivity index (χ0v) is 16.4. The normalized spacial score (nSPS) is 13.5. The second-order valence-corrected chi connectivity index (χ2v) is 6.47. The van der Waals surface area contributed by atoms with Crippen molar-refractivity contribution in [2.75, 3.05) is 14.2 Å². The molecule has 0 N–H and O–H groups in total. The number of benzene rings is 3. The minimum absolute atomic E-state index is 0.189. The molecular formula is C24H18O6. The lowest BCUT2D eigenvalue weighted by Gasteiger charge is -2.10. The van der Waals surface area contributed by atoms with Gasteiger partial charge in [-0.3, -0.25) is 4.79 Å². The number of carbonyl (C=O) groups is 2. The molecule has 0 saturated heterocycles. The van der Waals surface area contributed by atoms with Gasteiger partial charge in [-0.05, 0) is 48.0 Å². The molecule has 0 spiro atoms. The van der Waals surface area contributed by atoms with Crippen LogP contribution in [0.2, 0.25) is 0 Å². The van der Waals surface area contributed by atoms with Crippen LogP contribution in [0.1, 0.15) is 26.3 Å². The summed E-state index contributed by atoms with van der Waals surface area (Å²) >= 11 is 0. The van der Waals surface area contributed by atoms with Gasteiger partial charge in [-0.25, -0.2) is 4.79 Å². The third kappa shape index (κ3) is 3.75. The van der Waals surface area contributed by atoms with Gasteiger partial charge in [-0.15, -0.1) is 0 Å². The van der Waals surface area contributed by atoms with Gasteiger partial charge < -0.3 is 18.9 Å². The summed E-state index contributed by atoms with van der Waals surface area (Å²) in [6.45, 7) is 0. The lowest BCUT2D eigenvalue weighted by Crippen LogP contribution is -2.09. The van der Waals surface area contributed by atoms with E-state index in [1.165, 1.54) is 7.11 Å². The molecule has 0 radical (unpaired) electrons. The van der Waals surface area contributed by atoms with E-state index in [2.05, 4.69) is 0 Å². The molecule has 30 heavy (non-hydrogen) atoms. The first-order valence-corrected chi connectivity index (χ1v) is 9.16. The fraction of sp³-hybridized carbons (Fsp3) is 0.0833. The smallest absolute Gasteiger partial charge is 0.343 e. The number of Topliss-reactive ketones (excluding diaryl/α,β-unsaturated/α-hetero) is 1. The monoisotopic (exact) mass is 402 g/mol. The third-order valence-electron chi connectivity index (χ3n) is 4.57. The fourth-order valence-corrected chi connectivity index (χ4v) is 3.04. The molecule has 0 aromatic heterocycles. The molecule has 0 unspecified atom stereocenters. The van der Waals surface area contributed by atoms with Crippen LogP contribution >= 0.6 is 0 Å². The molecule has 0 bridgehead atoms. The SMILES string of the molecule is COc1ccc2c(c1)O/C(=C\c1ccc(OC(=O)c3ccccc3)c(OC)c1)C2=O. The van der Waals surface area contributed by atoms with E-state index in [4.69, 9.17) is 18.9 Å². The summed E-state index contributed by atoms with van der Waals surface area (Å²) in [6, 6.07) is 18.7. The van der Waals surface area contributed by atoms with Gasteiger partial charge in [0.2, 0.25) is 5.78 Å². The van der Waals surface area contributed by atoms with E-state index in [9.17, 15) is 9.59 Å². The number of methoxy groups -OCH3 is 2. The number of rotatable bonds is 5. The van der Waals surface area contributed by atoms with Crippen molar-refractivity contribution in [1.82, 2.24) is 0 Å². The minimum Gasteiger partial charge on any atom is -0.497 e. The number of fused-ring (bicyclic) bond motifs is 1. The molecule has 4 rings (SSSR count). The van der Waals surface area contributed by atoms with Gasteiger partial charge in [0.15, 0.2) is 17.3 Å². The van der Waals surface area contributed by atoms with Crippen LogP contribution in [-0.2, 0) is 0 Å². The Hall–Kier alpha value is -4.06. The van der Waals surface area contributed by atoms with Crippen molar-refractivity contribution in [3.8, 4) is 23.0 Å².